The van der Waals surface area contributed by atoms with Crippen molar-refractivity contribution in [2.75, 3.05) is 18.4 Å². The maximum atomic E-state index is 13.8. The Hall–Kier alpha value is -2.83. The number of nitrogens with zero attached hydrogens (tertiary/aromatic N) is 2. The van der Waals surface area contributed by atoms with Gasteiger partial charge in [-0.05, 0) is 43.5 Å². The van der Waals surface area contributed by atoms with Crippen LogP contribution in [0.4, 0.5) is 14.6 Å². The number of benzene rings is 1. The number of rotatable bonds is 3. The van der Waals surface area contributed by atoms with Gasteiger partial charge in [-0.2, -0.15) is 0 Å². The third-order valence-electron chi connectivity index (χ3n) is 4.57. The summed E-state index contributed by atoms with van der Waals surface area (Å²) in [5.74, 6) is -1.92. The van der Waals surface area contributed by atoms with Gasteiger partial charge >= 0.3 is 0 Å². The Morgan fingerprint density at radius 3 is 2.58 bits per heavy atom. The van der Waals surface area contributed by atoms with E-state index < -0.39 is 17.5 Å². The molecule has 1 aliphatic heterocycles. The molecule has 7 heteroatoms. The summed E-state index contributed by atoms with van der Waals surface area (Å²) in [6.45, 7) is 2.55. The maximum absolute atomic E-state index is 13.8. The van der Waals surface area contributed by atoms with E-state index in [4.69, 9.17) is 0 Å². The maximum Gasteiger partial charge on any atom is 0.256 e. The van der Waals surface area contributed by atoms with Crippen LogP contribution in [0.5, 0.6) is 0 Å². The Balaban J connectivity index is 1.59. The van der Waals surface area contributed by atoms with Crippen LogP contribution in [0.2, 0.25) is 0 Å². The van der Waals surface area contributed by atoms with Crippen LogP contribution in [0.15, 0.2) is 36.5 Å². The monoisotopic (exact) mass is 359 g/mol. The molecule has 1 aliphatic rings. The first-order valence-electron chi connectivity index (χ1n) is 8.42. The van der Waals surface area contributed by atoms with E-state index in [0.29, 0.717) is 37.8 Å². The number of halogens is 2. The summed E-state index contributed by atoms with van der Waals surface area (Å²) in [4.78, 5) is 30.4. The second kappa shape index (κ2) is 7.59. The van der Waals surface area contributed by atoms with E-state index in [1.165, 1.54) is 4.90 Å². The van der Waals surface area contributed by atoms with Gasteiger partial charge in [-0.3, -0.25) is 9.59 Å². The molecular formula is C19H19F2N3O2. The fourth-order valence-electron chi connectivity index (χ4n) is 3.01. The molecule has 1 aromatic carbocycles. The van der Waals surface area contributed by atoms with Crippen LogP contribution < -0.4 is 5.32 Å². The molecule has 2 heterocycles. The largest absolute Gasteiger partial charge is 0.339 e. The highest BCUT2D eigenvalue weighted by atomic mass is 19.1. The molecular weight excluding hydrogens is 340 g/mol. The first-order valence-corrected chi connectivity index (χ1v) is 8.42. The Morgan fingerprint density at radius 2 is 1.92 bits per heavy atom. The first kappa shape index (κ1) is 18.0. The summed E-state index contributed by atoms with van der Waals surface area (Å²) >= 11 is 0. The lowest BCUT2D eigenvalue weighted by atomic mass is 9.95. The molecule has 2 amide bonds. The van der Waals surface area contributed by atoms with Crippen molar-refractivity contribution in [1.82, 2.24) is 9.88 Å². The zero-order valence-corrected chi connectivity index (χ0v) is 14.3. The number of carbonyl (C=O) groups is 2. The van der Waals surface area contributed by atoms with Crippen LogP contribution in [0.25, 0.3) is 0 Å². The quantitative estimate of drug-likeness (QED) is 0.916. The number of likely N-dealkylation sites (tertiary alicyclic amines) is 1. The van der Waals surface area contributed by atoms with Crippen molar-refractivity contribution in [3.63, 3.8) is 0 Å². The van der Waals surface area contributed by atoms with Gasteiger partial charge in [-0.25, -0.2) is 13.8 Å². The molecule has 136 valence electrons. The van der Waals surface area contributed by atoms with Crippen LogP contribution in [0.3, 0.4) is 0 Å². The number of pyridine rings is 1. The van der Waals surface area contributed by atoms with Crippen LogP contribution >= 0.6 is 0 Å². The number of amides is 2. The molecule has 1 saturated heterocycles. The van der Waals surface area contributed by atoms with Crippen molar-refractivity contribution in [3.8, 4) is 0 Å². The van der Waals surface area contributed by atoms with Crippen molar-refractivity contribution >= 4 is 17.6 Å². The molecule has 2 aromatic rings. The highest BCUT2D eigenvalue weighted by molar-refractivity contribution is 5.95. The number of hydrogen-bond donors (Lipinski definition) is 1. The third-order valence-corrected chi connectivity index (χ3v) is 4.57. The minimum Gasteiger partial charge on any atom is -0.339 e. The summed E-state index contributed by atoms with van der Waals surface area (Å²) in [6, 6.07) is 6.56. The normalized spacial score (nSPS) is 15.0. The fourth-order valence-corrected chi connectivity index (χ4v) is 3.01. The summed E-state index contributed by atoms with van der Waals surface area (Å²) < 4.78 is 26.8. The molecule has 1 N–H and O–H groups in total. The SMILES string of the molecule is Cc1cccnc1NC(=O)C1CCN(C(=O)c2ccc(F)cc2F)CC1. The molecule has 0 atom stereocenters. The lowest BCUT2D eigenvalue weighted by Crippen LogP contribution is -2.41. The number of piperidine rings is 1. The van der Waals surface area contributed by atoms with Gasteiger partial charge in [0.15, 0.2) is 0 Å². The van der Waals surface area contributed by atoms with E-state index in [1.54, 1.807) is 12.3 Å². The summed E-state index contributed by atoms with van der Waals surface area (Å²) in [5.41, 5.74) is 0.721. The van der Waals surface area contributed by atoms with Crippen molar-refractivity contribution in [1.29, 1.82) is 0 Å². The van der Waals surface area contributed by atoms with Gasteiger partial charge in [0.1, 0.15) is 17.5 Å². The predicted octanol–water partition coefficient (Wildman–Crippen LogP) is 3.16. The second-order valence-electron chi connectivity index (χ2n) is 6.35. The number of hydrogen-bond acceptors (Lipinski definition) is 3. The predicted molar refractivity (Wildman–Crippen MR) is 92.6 cm³/mol. The highest BCUT2D eigenvalue weighted by Crippen LogP contribution is 2.22. The standard InChI is InChI=1S/C19H19F2N3O2/c1-12-3-2-8-22-17(12)23-18(25)13-6-9-24(10-7-13)19(26)15-5-4-14(20)11-16(15)21/h2-5,8,11,13H,6-7,9-10H2,1H3,(H,22,23,25). The zero-order valence-electron chi connectivity index (χ0n) is 14.3. The van der Waals surface area contributed by atoms with Gasteiger partial charge in [0, 0.05) is 31.3 Å². The minimum atomic E-state index is -0.875. The van der Waals surface area contributed by atoms with Gasteiger partial charge in [-0.1, -0.05) is 6.07 Å². The Kier molecular flexibility index (Phi) is 5.25. The van der Waals surface area contributed by atoms with E-state index in [1.807, 2.05) is 13.0 Å². The van der Waals surface area contributed by atoms with E-state index >= 15 is 0 Å². The molecule has 3 rings (SSSR count). The summed E-state index contributed by atoms with van der Waals surface area (Å²) in [5, 5.41) is 2.82. The van der Waals surface area contributed by atoms with Gasteiger partial charge in [-0.15, -0.1) is 0 Å². The molecule has 1 aromatic heterocycles. The van der Waals surface area contributed by atoms with Gasteiger partial charge in [0.05, 0.1) is 5.56 Å². The lowest BCUT2D eigenvalue weighted by molar-refractivity contribution is -0.121. The molecule has 0 spiro atoms. The number of nitrogens with one attached hydrogen (secondary N) is 1. The lowest BCUT2D eigenvalue weighted by Gasteiger charge is -2.31. The molecule has 0 aliphatic carbocycles. The summed E-state index contributed by atoms with van der Waals surface area (Å²) in [6.07, 6.45) is 2.57. The highest BCUT2D eigenvalue weighted by Gasteiger charge is 2.29. The van der Waals surface area contributed by atoms with E-state index in [2.05, 4.69) is 10.3 Å². The van der Waals surface area contributed by atoms with Crippen LogP contribution in [-0.4, -0.2) is 34.8 Å². The molecule has 1 fully saturated rings. The topological polar surface area (TPSA) is 62.3 Å². The number of carbonyl (C=O) groups excluding carboxylic acids is 2. The Labute approximate surface area is 150 Å². The van der Waals surface area contributed by atoms with Crippen molar-refractivity contribution in [2.45, 2.75) is 19.8 Å². The Bertz CT molecular complexity index is 833. The van der Waals surface area contributed by atoms with Crippen LogP contribution in [0, 0.1) is 24.5 Å². The molecule has 0 saturated carbocycles. The third kappa shape index (κ3) is 3.87. The van der Waals surface area contributed by atoms with Crippen LogP contribution in [0.1, 0.15) is 28.8 Å². The van der Waals surface area contributed by atoms with Gasteiger partial charge in [0.25, 0.3) is 5.91 Å². The number of aromatic nitrogens is 1. The van der Waals surface area contributed by atoms with Gasteiger partial charge < -0.3 is 10.2 Å². The van der Waals surface area contributed by atoms with E-state index in [0.717, 1.165) is 17.7 Å². The minimum absolute atomic E-state index is 0.133. The molecule has 0 bridgehead atoms. The van der Waals surface area contributed by atoms with Crippen molar-refractivity contribution in [2.24, 2.45) is 5.92 Å². The first-order chi connectivity index (χ1) is 12.5. The molecule has 5 nitrogen and oxygen atoms in total. The van der Waals surface area contributed by atoms with Crippen molar-refractivity contribution in [3.05, 3.63) is 59.3 Å². The molecule has 26 heavy (non-hydrogen) atoms. The van der Waals surface area contributed by atoms with E-state index in [9.17, 15) is 18.4 Å². The number of anilines is 1. The summed E-state index contributed by atoms with van der Waals surface area (Å²) in [7, 11) is 0. The fraction of sp³-hybridized carbons (Fsp3) is 0.316. The molecule has 0 radical (unpaired) electrons. The number of aryl methyl sites for hydroxylation is 1. The van der Waals surface area contributed by atoms with Crippen molar-refractivity contribution < 1.29 is 18.4 Å². The zero-order chi connectivity index (χ0) is 18.7. The average Bonchev–Trinajstić information content (AvgIpc) is 2.63. The molecule has 0 unspecified atom stereocenters. The average molecular weight is 359 g/mol. The smallest absolute Gasteiger partial charge is 0.256 e. The van der Waals surface area contributed by atoms with Gasteiger partial charge in [0.2, 0.25) is 5.91 Å². The Morgan fingerprint density at radius 1 is 1.19 bits per heavy atom. The van der Waals surface area contributed by atoms with E-state index in [-0.39, 0.29) is 17.4 Å². The second-order valence-corrected chi connectivity index (χ2v) is 6.35. The van der Waals surface area contributed by atoms with Crippen LogP contribution in [-0.2, 0) is 4.79 Å².